The first-order valence-electron chi connectivity index (χ1n) is 7.32. The van der Waals surface area contributed by atoms with Gasteiger partial charge in [0, 0.05) is 4.47 Å². The molecule has 128 valence electrons. The molecular weight excluding hydrogens is 412 g/mol. The summed E-state index contributed by atoms with van der Waals surface area (Å²) in [6.45, 7) is 0.889. The van der Waals surface area contributed by atoms with Gasteiger partial charge in [-0.05, 0) is 23.8 Å². The van der Waals surface area contributed by atoms with Crippen LogP contribution < -0.4 is 4.90 Å². The summed E-state index contributed by atoms with van der Waals surface area (Å²) in [6.07, 6.45) is 1.77. The number of ether oxygens (including phenoxy) is 1. The third-order valence-electron chi connectivity index (χ3n) is 3.17. The van der Waals surface area contributed by atoms with E-state index in [0.717, 1.165) is 10.0 Å². The van der Waals surface area contributed by atoms with Gasteiger partial charge in [-0.1, -0.05) is 52.0 Å². The molecule has 0 saturated carbocycles. The predicted octanol–water partition coefficient (Wildman–Crippen LogP) is 1.34. The summed E-state index contributed by atoms with van der Waals surface area (Å²) < 4.78 is 6.43. The zero-order valence-electron chi connectivity index (χ0n) is 13.4. The number of nitrogens with zero attached hydrogens (tertiary/aromatic N) is 1. The van der Waals surface area contributed by atoms with Crippen LogP contribution in [0.25, 0.3) is 6.08 Å². The van der Waals surface area contributed by atoms with Crippen LogP contribution in [0.2, 0.25) is 0 Å². The first kappa shape index (κ1) is 19.1. The van der Waals surface area contributed by atoms with Crippen LogP contribution in [-0.4, -0.2) is 54.9 Å². The van der Waals surface area contributed by atoms with Gasteiger partial charge in [0.25, 0.3) is 5.91 Å². The Morgan fingerprint density at radius 3 is 2.88 bits per heavy atom. The molecule has 0 radical (unpaired) electrons. The maximum Gasteiger partial charge on any atom is 0.326 e. The standard InChI is InChI=1S/C16H17BrN2O3S2/c1-18(2)6-7-22-14(20)10-19-15(21)13(24-16(19)23)9-11-4-3-5-12(17)8-11/h3-5,8-9H,6-7,10H2,1-2H3/p+1/b13-9-. The summed E-state index contributed by atoms with van der Waals surface area (Å²) >= 11 is 9.81. The van der Waals surface area contributed by atoms with Crippen molar-refractivity contribution >= 4 is 62.2 Å². The zero-order chi connectivity index (χ0) is 17.7. The molecule has 0 aliphatic carbocycles. The molecule has 24 heavy (non-hydrogen) atoms. The van der Waals surface area contributed by atoms with Crippen molar-refractivity contribution in [2.75, 3.05) is 33.8 Å². The van der Waals surface area contributed by atoms with E-state index in [1.165, 1.54) is 21.6 Å². The lowest BCUT2D eigenvalue weighted by molar-refractivity contribution is -0.858. The molecule has 2 rings (SSSR count). The van der Waals surface area contributed by atoms with E-state index < -0.39 is 5.97 Å². The number of likely N-dealkylation sites (N-methyl/N-ethyl adjacent to an activating group) is 1. The van der Waals surface area contributed by atoms with Gasteiger partial charge in [-0.15, -0.1) is 0 Å². The van der Waals surface area contributed by atoms with Crippen molar-refractivity contribution in [1.29, 1.82) is 0 Å². The van der Waals surface area contributed by atoms with Gasteiger partial charge in [-0.3, -0.25) is 14.5 Å². The van der Waals surface area contributed by atoms with E-state index in [1.54, 1.807) is 6.08 Å². The molecule has 0 spiro atoms. The number of quaternary nitrogens is 1. The normalized spacial score (nSPS) is 16.3. The monoisotopic (exact) mass is 429 g/mol. The second-order valence-corrected chi connectivity index (χ2v) is 8.09. The van der Waals surface area contributed by atoms with Crippen LogP contribution in [0, 0.1) is 0 Å². The summed E-state index contributed by atoms with van der Waals surface area (Å²) in [5.41, 5.74) is 0.890. The Morgan fingerprint density at radius 2 is 2.21 bits per heavy atom. The number of rotatable bonds is 6. The number of hydrogen-bond acceptors (Lipinski definition) is 5. The number of amides is 1. The second-order valence-electron chi connectivity index (χ2n) is 5.50. The molecule has 1 aromatic carbocycles. The van der Waals surface area contributed by atoms with Gasteiger partial charge in [0.2, 0.25) is 0 Å². The molecule has 1 aliphatic heterocycles. The maximum atomic E-state index is 12.4. The van der Waals surface area contributed by atoms with E-state index in [4.69, 9.17) is 17.0 Å². The van der Waals surface area contributed by atoms with Crippen molar-refractivity contribution in [3.05, 3.63) is 39.2 Å². The number of carbonyl (C=O) groups is 2. The summed E-state index contributed by atoms with van der Waals surface area (Å²) in [6, 6.07) is 7.61. The van der Waals surface area contributed by atoms with E-state index in [0.29, 0.717) is 22.4 Å². The van der Waals surface area contributed by atoms with Crippen molar-refractivity contribution in [2.45, 2.75) is 0 Å². The first-order valence-corrected chi connectivity index (χ1v) is 9.34. The number of benzene rings is 1. The highest BCUT2D eigenvalue weighted by Gasteiger charge is 2.33. The summed E-state index contributed by atoms with van der Waals surface area (Å²) in [4.78, 5) is 27.3. The second kappa shape index (κ2) is 8.75. The molecule has 1 fully saturated rings. The topological polar surface area (TPSA) is 51.1 Å². The first-order chi connectivity index (χ1) is 11.4. The molecule has 1 heterocycles. The minimum absolute atomic E-state index is 0.150. The lowest BCUT2D eigenvalue weighted by Crippen LogP contribution is -3.06. The highest BCUT2D eigenvalue weighted by atomic mass is 79.9. The fraction of sp³-hybridized carbons (Fsp3) is 0.312. The minimum Gasteiger partial charge on any atom is -0.458 e. The molecule has 0 unspecified atom stereocenters. The number of hydrogen-bond donors (Lipinski definition) is 1. The SMILES string of the molecule is C[NH+](C)CCOC(=O)CN1C(=O)/C(=C/c2cccc(Br)c2)SC1=S. The number of thioether (sulfide) groups is 1. The Labute approximate surface area is 159 Å². The van der Waals surface area contributed by atoms with Crippen LogP contribution in [0.3, 0.4) is 0 Å². The molecule has 0 aromatic heterocycles. The fourth-order valence-electron chi connectivity index (χ4n) is 1.93. The summed E-state index contributed by atoms with van der Waals surface area (Å²) in [5.74, 6) is -0.712. The molecule has 0 atom stereocenters. The predicted molar refractivity (Wildman–Crippen MR) is 103 cm³/mol. The lowest BCUT2D eigenvalue weighted by Gasteiger charge is -2.14. The number of carbonyl (C=O) groups excluding carboxylic acids is 2. The maximum absolute atomic E-state index is 12.4. The van der Waals surface area contributed by atoms with Gasteiger partial charge < -0.3 is 9.64 Å². The molecule has 1 amide bonds. The quantitative estimate of drug-likeness (QED) is 0.420. The fourth-order valence-corrected chi connectivity index (χ4v) is 3.60. The Hall–Kier alpha value is -1.22. The number of halogens is 1. The highest BCUT2D eigenvalue weighted by molar-refractivity contribution is 9.10. The average Bonchev–Trinajstić information content (AvgIpc) is 2.74. The largest absolute Gasteiger partial charge is 0.458 e. The Balaban J connectivity index is 2.00. The zero-order valence-corrected chi connectivity index (χ0v) is 16.6. The molecule has 8 heteroatoms. The molecule has 0 bridgehead atoms. The van der Waals surface area contributed by atoms with Crippen molar-refractivity contribution in [3.8, 4) is 0 Å². The van der Waals surface area contributed by atoms with Crippen LogP contribution in [0.4, 0.5) is 0 Å². The van der Waals surface area contributed by atoms with Crippen molar-refractivity contribution in [3.63, 3.8) is 0 Å². The minimum atomic E-state index is -0.448. The van der Waals surface area contributed by atoms with Crippen LogP contribution >= 0.6 is 39.9 Å². The van der Waals surface area contributed by atoms with Gasteiger partial charge in [0.1, 0.15) is 24.0 Å². The molecule has 1 aromatic rings. The molecule has 1 aliphatic rings. The van der Waals surface area contributed by atoms with Gasteiger partial charge in [-0.2, -0.15) is 0 Å². The van der Waals surface area contributed by atoms with Crippen LogP contribution in [-0.2, 0) is 14.3 Å². The van der Waals surface area contributed by atoms with Crippen molar-refractivity contribution in [2.24, 2.45) is 0 Å². The van der Waals surface area contributed by atoms with Crippen LogP contribution in [0.5, 0.6) is 0 Å². The van der Waals surface area contributed by atoms with Crippen molar-refractivity contribution < 1.29 is 19.2 Å². The number of esters is 1. The van der Waals surface area contributed by atoms with Gasteiger partial charge >= 0.3 is 5.97 Å². The Kier molecular flexibility index (Phi) is 6.97. The smallest absolute Gasteiger partial charge is 0.326 e. The molecule has 1 saturated heterocycles. The summed E-state index contributed by atoms with van der Waals surface area (Å²) in [7, 11) is 3.95. The van der Waals surface area contributed by atoms with E-state index in [-0.39, 0.29) is 12.5 Å². The molecule has 1 N–H and O–H groups in total. The third-order valence-corrected chi connectivity index (χ3v) is 5.04. The highest BCUT2D eigenvalue weighted by Crippen LogP contribution is 2.32. The third kappa shape index (κ3) is 5.41. The average molecular weight is 430 g/mol. The number of nitrogens with one attached hydrogen (secondary N) is 1. The lowest BCUT2D eigenvalue weighted by atomic mass is 10.2. The Bertz CT molecular complexity index is 692. The van der Waals surface area contributed by atoms with E-state index in [9.17, 15) is 9.59 Å². The van der Waals surface area contributed by atoms with E-state index in [1.807, 2.05) is 38.4 Å². The van der Waals surface area contributed by atoms with E-state index in [2.05, 4.69) is 15.9 Å². The van der Waals surface area contributed by atoms with Crippen LogP contribution in [0.1, 0.15) is 5.56 Å². The van der Waals surface area contributed by atoms with Gasteiger partial charge in [0.15, 0.2) is 0 Å². The molecular formula is C16H18BrN2O3S2+. The van der Waals surface area contributed by atoms with Crippen LogP contribution in [0.15, 0.2) is 33.6 Å². The Morgan fingerprint density at radius 1 is 1.46 bits per heavy atom. The van der Waals surface area contributed by atoms with E-state index >= 15 is 0 Å². The molecule has 5 nitrogen and oxygen atoms in total. The van der Waals surface area contributed by atoms with Crippen molar-refractivity contribution in [1.82, 2.24) is 4.90 Å². The van der Waals surface area contributed by atoms with Gasteiger partial charge in [-0.25, -0.2) is 0 Å². The number of thiocarbonyl (C=S) groups is 1. The summed E-state index contributed by atoms with van der Waals surface area (Å²) in [5, 5.41) is 0. The van der Waals surface area contributed by atoms with Gasteiger partial charge in [0.05, 0.1) is 19.0 Å².